The summed E-state index contributed by atoms with van der Waals surface area (Å²) in [4.78, 5) is 0. The molecule has 2 atom stereocenters. The lowest BCUT2D eigenvalue weighted by Gasteiger charge is -2.19. The number of phenolic OH excluding ortho intramolecular Hbond substituents is 1. The van der Waals surface area contributed by atoms with Crippen molar-refractivity contribution in [2.24, 2.45) is 5.73 Å². The van der Waals surface area contributed by atoms with Crippen LogP contribution in [0.5, 0.6) is 5.75 Å². The van der Waals surface area contributed by atoms with Crippen LogP contribution >= 0.6 is 0 Å². The van der Waals surface area contributed by atoms with E-state index in [0.717, 1.165) is 16.7 Å². The molecule has 0 radical (unpaired) electrons. The predicted molar refractivity (Wildman–Crippen MR) is 56.2 cm³/mol. The third-order valence-corrected chi connectivity index (χ3v) is 2.37. The number of rotatable bonds is 2. The van der Waals surface area contributed by atoms with Crippen LogP contribution in [-0.4, -0.2) is 16.3 Å². The van der Waals surface area contributed by atoms with Gasteiger partial charge in [-0.2, -0.15) is 0 Å². The van der Waals surface area contributed by atoms with Crippen molar-refractivity contribution in [2.45, 2.75) is 32.9 Å². The highest BCUT2D eigenvalue weighted by Crippen LogP contribution is 2.27. The lowest BCUT2D eigenvalue weighted by molar-refractivity contribution is 0.152. The molecule has 0 aliphatic heterocycles. The summed E-state index contributed by atoms with van der Waals surface area (Å²) in [7, 11) is 0. The highest BCUT2D eigenvalue weighted by Gasteiger charge is 2.17. The van der Waals surface area contributed by atoms with E-state index < -0.39 is 6.10 Å². The van der Waals surface area contributed by atoms with Gasteiger partial charge in [-0.1, -0.05) is 0 Å². The third kappa shape index (κ3) is 2.05. The molecular weight excluding hydrogens is 178 g/mol. The predicted octanol–water partition coefficient (Wildman–Crippen LogP) is 1.39. The number of aryl methyl sites for hydroxylation is 2. The summed E-state index contributed by atoms with van der Waals surface area (Å²) in [6.45, 7) is 5.47. The molecule has 0 spiro atoms. The Labute approximate surface area is 84.2 Å². The van der Waals surface area contributed by atoms with Crippen LogP contribution in [0.3, 0.4) is 0 Å². The molecule has 1 rings (SSSR count). The van der Waals surface area contributed by atoms with Gasteiger partial charge >= 0.3 is 0 Å². The van der Waals surface area contributed by atoms with Gasteiger partial charge in [-0.15, -0.1) is 0 Å². The molecule has 0 fully saturated rings. The molecule has 78 valence electrons. The minimum absolute atomic E-state index is 0.223. The van der Waals surface area contributed by atoms with Crippen molar-refractivity contribution < 1.29 is 10.2 Å². The van der Waals surface area contributed by atoms with Crippen LogP contribution < -0.4 is 5.73 Å². The number of aliphatic hydroxyl groups excluding tert-OH is 1. The van der Waals surface area contributed by atoms with Crippen LogP contribution in [-0.2, 0) is 0 Å². The molecule has 0 aliphatic carbocycles. The lowest BCUT2D eigenvalue weighted by Crippen LogP contribution is -2.25. The summed E-state index contributed by atoms with van der Waals surface area (Å²) in [5, 5.41) is 19.2. The Bertz CT molecular complexity index is 311. The maximum atomic E-state index is 9.84. The molecule has 0 saturated heterocycles. The number of nitrogens with two attached hydrogens (primary N) is 1. The smallest absolute Gasteiger partial charge is 0.116 e. The first-order chi connectivity index (χ1) is 6.43. The summed E-state index contributed by atoms with van der Waals surface area (Å²) in [5.74, 6) is 0.223. The van der Waals surface area contributed by atoms with E-state index in [1.807, 2.05) is 13.8 Å². The van der Waals surface area contributed by atoms with Crippen LogP contribution in [0, 0.1) is 13.8 Å². The number of phenols is 1. The third-order valence-electron chi connectivity index (χ3n) is 2.37. The van der Waals surface area contributed by atoms with E-state index in [2.05, 4.69) is 0 Å². The number of hydrogen-bond donors (Lipinski definition) is 3. The molecule has 0 bridgehead atoms. The zero-order chi connectivity index (χ0) is 10.9. The summed E-state index contributed by atoms with van der Waals surface area (Å²) in [5.41, 5.74) is 8.18. The van der Waals surface area contributed by atoms with Gasteiger partial charge in [0.1, 0.15) is 5.75 Å². The quantitative estimate of drug-likeness (QED) is 0.668. The monoisotopic (exact) mass is 195 g/mol. The number of aromatic hydroxyl groups is 1. The van der Waals surface area contributed by atoms with Gasteiger partial charge in [-0.05, 0) is 49.6 Å². The standard InChI is InChI=1S/C11H17NO2/c1-6-4-9(13)5-7(2)10(6)11(14)8(3)12/h4-5,8,11,13-14H,12H2,1-3H3/t8-,11-/m1/s1. The van der Waals surface area contributed by atoms with Gasteiger partial charge in [-0.25, -0.2) is 0 Å². The maximum Gasteiger partial charge on any atom is 0.116 e. The average molecular weight is 195 g/mol. The summed E-state index contributed by atoms with van der Waals surface area (Å²) in [6.07, 6.45) is -0.671. The molecule has 1 aromatic carbocycles. The minimum atomic E-state index is -0.671. The van der Waals surface area contributed by atoms with Crippen molar-refractivity contribution in [3.05, 3.63) is 28.8 Å². The number of benzene rings is 1. The Kier molecular flexibility index (Phi) is 3.13. The van der Waals surface area contributed by atoms with Crippen molar-refractivity contribution in [1.29, 1.82) is 0 Å². The first-order valence-electron chi connectivity index (χ1n) is 4.67. The van der Waals surface area contributed by atoms with Gasteiger partial charge < -0.3 is 15.9 Å². The van der Waals surface area contributed by atoms with Crippen molar-refractivity contribution in [1.82, 2.24) is 0 Å². The van der Waals surface area contributed by atoms with Crippen LogP contribution in [0.1, 0.15) is 29.7 Å². The van der Waals surface area contributed by atoms with Crippen molar-refractivity contribution in [3.8, 4) is 5.75 Å². The van der Waals surface area contributed by atoms with Gasteiger partial charge in [0, 0.05) is 6.04 Å². The molecule has 1 aromatic rings. The highest BCUT2D eigenvalue weighted by atomic mass is 16.3. The van der Waals surface area contributed by atoms with Crippen LogP contribution in [0.2, 0.25) is 0 Å². The largest absolute Gasteiger partial charge is 0.508 e. The molecule has 0 aromatic heterocycles. The Morgan fingerprint density at radius 1 is 1.21 bits per heavy atom. The molecule has 0 amide bonds. The normalized spacial score (nSPS) is 15.2. The fourth-order valence-electron chi connectivity index (χ4n) is 1.68. The fraction of sp³-hybridized carbons (Fsp3) is 0.455. The van der Waals surface area contributed by atoms with Crippen molar-refractivity contribution in [2.75, 3.05) is 0 Å². The first-order valence-corrected chi connectivity index (χ1v) is 4.67. The van der Waals surface area contributed by atoms with Gasteiger partial charge in [-0.3, -0.25) is 0 Å². The molecule has 14 heavy (non-hydrogen) atoms. The van der Waals surface area contributed by atoms with E-state index in [1.54, 1.807) is 19.1 Å². The summed E-state index contributed by atoms with van der Waals surface area (Å²) < 4.78 is 0. The molecule has 3 nitrogen and oxygen atoms in total. The zero-order valence-electron chi connectivity index (χ0n) is 8.78. The first kappa shape index (κ1) is 11.0. The molecule has 4 N–H and O–H groups in total. The number of aliphatic hydroxyl groups is 1. The minimum Gasteiger partial charge on any atom is -0.508 e. The Balaban J connectivity index is 3.20. The summed E-state index contributed by atoms with van der Waals surface area (Å²) in [6, 6.07) is 2.96. The van der Waals surface area contributed by atoms with Gasteiger partial charge in [0.05, 0.1) is 6.10 Å². The van der Waals surface area contributed by atoms with Gasteiger partial charge in [0.15, 0.2) is 0 Å². The zero-order valence-corrected chi connectivity index (χ0v) is 8.78. The van der Waals surface area contributed by atoms with Crippen LogP contribution in [0.4, 0.5) is 0 Å². The van der Waals surface area contributed by atoms with Crippen molar-refractivity contribution >= 4 is 0 Å². The molecule has 0 aliphatic rings. The molecule has 0 saturated carbocycles. The van der Waals surface area contributed by atoms with E-state index in [9.17, 15) is 10.2 Å². The number of hydrogen-bond acceptors (Lipinski definition) is 3. The van der Waals surface area contributed by atoms with Gasteiger partial charge in [0.25, 0.3) is 0 Å². The SMILES string of the molecule is Cc1cc(O)cc(C)c1[C@H](O)[C@@H](C)N. The topological polar surface area (TPSA) is 66.5 Å². The van der Waals surface area contributed by atoms with Crippen molar-refractivity contribution in [3.63, 3.8) is 0 Å². The molecule has 0 unspecified atom stereocenters. The fourth-order valence-corrected chi connectivity index (χ4v) is 1.68. The molecular formula is C11H17NO2. The molecule has 0 heterocycles. The molecule has 3 heteroatoms. The van der Waals surface area contributed by atoms with Crippen LogP contribution in [0.25, 0.3) is 0 Å². The second kappa shape index (κ2) is 3.98. The maximum absolute atomic E-state index is 9.84. The van der Waals surface area contributed by atoms with Gasteiger partial charge in [0.2, 0.25) is 0 Å². The second-order valence-corrected chi connectivity index (χ2v) is 3.80. The van der Waals surface area contributed by atoms with E-state index in [1.165, 1.54) is 0 Å². The second-order valence-electron chi connectivity index (χ2n) is 3.80. The highest BCUT2D eigenvalue weighted by molar-refractivity contribution is 5.42. The lowest BCUT2D eigenvalue weighted by atomic mass is 9.94. The van der Waals surface area contributed by atoms with E-state index >= 15 is 0 Å². The van der Waals surface area contributed by atoms with E-state index in [0.29, 0.717) is 0 Å². The Hall–Kier alpha value is -1.06. The van der Waals surface area contributed by atoms with E-state index in [4.69, 9.17) is 5.73 Å². The Morgan fingerprint density at radius 2 is 1.64 bits per heavy atom. The average Bonchev–Trinajstić information content (AvgIpc) is 2.01. The van der Waals surface area contributed by atoms with Crippen LogP contribution in [0.15, 0.2) is 12.1 Å². The summed E-state index contributed by atoms with van der Waals surface area (Å²) >= 11 is 0. The Morgan fingerprint density at radius 3 is 2.00 bits per heavy atom. The van der Waals surface area contributed by atoms with E-state index in [-0.39, 0.29) is 11.8 Å².